The van der Waals surface area contributed by atoms with Gasteiger partial charge < -0.3 is 10.1 Å². The molecule has 1 amide bonds. The van der Waals surface area contributed by atoms with Crippen molar-refractivity contribution in [2.45, 2.75) is 26.7 Å². The molecule has 0 saturated carbocycles. The molecule has 0 radical (unpaired) electrons. The van der Waals surface area contributed by atoms with E-state index in [1.165, 1.54) is 7.11 Å². The number of ether oxygens (including phenoxy) is 1. The first kappa shape index (κ1) is 13.6. The Morgan fingerprint density at radius 1 is 1.53 bits per heavy atom. The Hall–Kier alpha value is -1.42. The normalized spacial score (nSPS) is 18.5. The smallest absolute Gasteiger partial charge is 0.250 e. The average molecular weight is 237 g/mol. The predicted molar refractivity (Wildman–Crippen MR) is 65.3 cm³/mol. The zero-order chi connectivity index (χ0) is 13.1. The summed E-state index contributed by atoms with van der Waals surface area (Å²) in [5.41, 5.74) is 1.22. The summed E-state index contributed by atoms with van der Waals surface area (Å²) in [6.07, 6.45) is 2.85. The topological polar surface area (TPSA) is 55.4 Å². The molecular weight excluding hydrogens is 218 g/mol. The van der Waals surface area contributed by atoms with Crippen LogP contribution in [0.3, 0.4) is 0 Å². The second-order valence-corrected chi connectivity index (χ2v) is 5.11. The third kappa shape index (κ3) is 4.15. The Labute approximate surface area is 102 Å². The van der Waals surface area contributed by atoms with Crippen molar-refractivity contribution in [1.29, 1.82) is 0 Å². The first-order valence-corrected chi connectivity index (χ1v) is 5.55. The van der Waals surface area contributed by atoms with Crippen LogP contribution in [-0.2, 0) is 14.3 Å². The number of nitrogens with one attached hydrogen (secondary N) is 1. The standard InChI is InChI=1S/C13H19NO3/c1-9(14-12(16)8-17-4)10-5-11(15)7-13(2,3)6-10/h5H,1,6-8H2,2-4H3,(H,14,16). The van der Waals surface area contributed by atoms with Gasteiger partial charge in [-0.15, -0.1) is 0 Å². The predicted octanol–water partition coefficient (Wildman–Crippen LogP) is 1.58. The number of hydrogen-bond acceptors (Lipinski definition) is 3. The molecule has 0 aromatic heterocycles. The van der Waals surface area contributed by atoms with Crippen LogP contribution < -0.4 is 5.32 Å². The maximum atomic E-state index is 11.6. The molecule has 0 saturated heterocycles. The fourth-order valence-electron chi connectivity index (χ4n) is 1.96. The van der Waals surface area contributed by atoms with Crippen molar-refractivity contribution in [3.8, 4) is 0 Å². The average Bonchev–Trinajstić information content (AvgIpc) is 2.14. The Kier molecular flexibility index (Phi) is 4.23. The van der Waals surface area contributed by atoms with Crippen molar-refractivity contribution < 1.29 is 14.3 Å². The zero-order valence-corrected chi connectivity index (χ0v) is 10.6. The minimum absolute atomic E-state index is 0.0103. The van der Waals surface area contributed by atoms with Crippen LogP contribution in [0.5, 0.6) is 0 Å². The fourth-order valence-corrected chi connectivity index (χ4v) is 1.96. The van der Waals surface area contributed by atoms with E-state index in [-0.39, 0.29) is 23.7 Å². The summed E-state index contributed by atoms with van der Waals surface area (Å²) in [6, 6.07) is 0. The van der Waals surface area contributed by atoms with Gasteiger partial charge in [0.25, 0.3) is 0 Å². The number of methoxy groups -OCH3 is 1. The molecule has 1 aliphatic carbocycles. The van der Waals surface area contributed by atoms with Crippen LogP contribution in [0.25, 0.3) is 0 Å². The van der Waals surface area contributed by atoms with E-state index in [2.05, 4.69) is 11.9 Å². The summed E-state index contributed by atoms with van der Waals surface area (Å²) in [7, 11) is 1.45. The van der Waals surface area contributed by atoms with Gasteiger partial charge in [-0.25, -0.2) is 0 Å². The number of ketones is 1. The third-order valence-corrected chi connectivity index (χ3v) is 2.61. The number of hydrogen-bond donors (Lipinski definition) is 1. The number of allylic oxidation sites excluding steroid dienone is 2. The number of rotatable bonds is 4. The number of carbonyl (C=O) groups is 2. The van der Waals surface area contributed by atoms with Crippen molar-refractivity contribution in [1.82, 2.24) is 5.32 Å². The van der Waals surface area contributed by atoms with Gasteiger partial charge in [0.15, 0.2) is 5.78 Å². The molecule has 4 heteroatoms. The summed E-state index contributed by atoms with van der Waals surface area (Å²) in [6.45, 7) is 7.84. The van der Waals surface area contributed by atoms with E-state index in [1.54, 1.807) is 6.08 Å². The van der Waals surface area contributed by atoms with E-state index in [4.69, 9.17) is 4.74 Å². The Bertz CT molecular complexity index is 380. The molecule has 4 nitrogen and oxygen atoms in total. The van der Waals surface area contributed by atoms with Crippen LogP contribution in [-0.4, -0.2) is 25.4 Å². The highest BCUT2D eigenvalue weighted by atomic mass is 16.5. The molecule has 1 aliphatic rings. The van der Waals surface area contributed by atoms with Gasteiger partial charge >= 0.3 is 0 Å². The van der Waals surface area contributed by atoms with E-state index in [9.17, 15) is 9.59 Å². The molecule has 1 N–H and O–H groups in total. The molecule has 0 unspecified atom stereocenters. The van der Waals surface area contributed by atoms with Gasteiger partial charge in [0.1, 0.15) is 6.61 Å². The minimum Gasteiger partial charge on any atom is -0.375 e. The highest BCUT2D eigenvalue weighted by molar-refractivity contribution is 5.93. The van der Waals surface area contributed by atoms with Crippen LogP contribution in [0.2, 0.25) is 0 Å². The maximum Gasteiger partial charge on any atom is 0.250 e. The Morgan fingerprint density at radius 2 is 2.18 bits per heavy atom. The van der Waals surface area contributed by atoms with Gasteiger partial charge in [-0.3, -0.25) is 9.59 Å². The molecule has 0 bridgehead atoms. The molecule has 0 aliphatic heterocycles. The van der Waals surface area contributed by atoms with Crippen LogP contribution in [0.15, 0.2) is 23.9 Å². The fraction of sp³-hybridized carbons (Fsp3) is 0.538. The molecule has 0 heterocycles. The van der Waals surface area contributed by atoms with Crippen LogP contribution in [0, 0.1) is 5.41 Å². The summed E-state index contributed by atoms with van der Waals surface area (Å²) in [5.74, 6) is -0.174. The van der Waals surface area contributed by atoms with E-state index in [0.717, 1.165) is 12.0 Å². The van der Waals surface area contributed by atoms with Gasteiger partial charge in [0.2, 0.25) is 5.91 Å². The van der Waals surface area contributed by atoms with Crippen molar-refractivity contribution >= 4 is 11.7 Å². The lowest BCUT2D eigenvalue weighted by atomic mass is 9.76. The van der Waals surface area contributed by atoms with E-state index < -0.39 is 0 Å². The summed E-state index contributed by atoms with van der Waals surface area (Å²) in [4.78, 5) is 22.9. The van der Waals surface area contributed by atoms with Gasteiger partial charge in [-0.05, 0) is 23.5 Å². The maximum absolute atomic E-state index is 11.6. The lowest BCUT2D eigenvalue weighted by molar-refractivity contribution is -0.124. The minimum atomic E-state index is -0.255. The quantitative estimate of drug-likeness (QED) is 0.807. The van der Waals surface area contributed by atoms with Gasteiger partial charge in [0, 0.05) is 19.2 Å². The SMILES string of the molecule is C=C(NC(=O)COC)C1=CC(=O)CC(C)(C)C1. The van der Waals surface area contributed by atoms with Gasteiger partial charge in [0.05, 0.1) is 0 Å². The largest absolute Gasteiger partial charge is 0.375 e. The van der Waals surface area contributed by atoms with Crippen molar-refractivity contribution in [3.63, 3.8) is 0 Å². The molecule has 0 fully saturated rings. The molecule has 0 spiro atoms. The monoisotopic (exact) mass is 237 g/mol. The second-order valence-electron chi connectivity index (χ2n) is 5.11. The molecular formula is C13H19NO3. The van der Waals surface area contributed by atoms with Crippen LogP contribution in [0.1, 0.15) is 26.7 Å². The summed E-state index contributed by atoms with van der Waals surface area (Å²) >= 11 is 0. The molecule has 17 heavy (non-hydrogen) atoms. The van der Waals surface area contributed by atoms with Gasteiger partial charge in [-0.1, -0.05) is 20.4 Å². The van der Waals surface area contributed by atoms with E-state index in [0.29, 0.717) is 12.1 Å². The first-order valence-electron chi connectivity index (χ1n) is 5.55. The Balaban J connectivity index is 2.69. The van der Waals surface area contributed by atoms with Crippen molar-refractivity contribution in [2.24, 2.45) is 5.41 Å². The summed E-state index contributed by atoms with van der Waals surface area (Å²) < 4.78 is 4.71. The first-order chi connectivity index (χ1) is 7.84. The molecule has 94 valence electrons. The van der Waals surface area contributed by atoms with Crippen molar-refractivity contribution in [2.75, 3.05) is 13.7 Å². The molecule has 0 aromatic carbocycles. The third-order valence-electron chi connectivity index (χ3n) is 2.61. The zero-order valence-electron chi connectivity index (χ0n) is 10.6. The highest BCUT2D eigenvalue weighted by Gasteiger charge is 2.28. The lowest BCUT2D eigenvalue weighted by Crippen LogP contribution is -2.30. The van der Waals surface area contributed by atoms with Crippen molar-refractivity contribution in [3.05, 3.63) is 23.9 Å². The number of carbonyl (C=O) groups excluding carboxylic acids is 2. The van der Waals surface area contributed by atoms with Gasteiger partial charge in [-0.2, -0.15) is 0 Å². The van der Waals surface area contributed by atoms with E-state index in [1.807, 2.05) is 13.8 Å². The molecule has 0 atom stereocenters. The van der Waals surface area contributed by atoms with E-state index >= 15 is 0 Å². The number of amides is 1. The summed E-state index contributed by atoms with van der Waals surface area (Å²) in [5, 5.41) is 2.63. The second kappa shape index (κ2) is 5.27. The molecule has 1 rings (SSSR count). The molecule has 0 aromatic rings. The van der Waals surface area contributed by atoms with Crippen LogP contribution in [0.4, 0.5) is 0 Å². The highest BCUT2D eigenvalue weighted by Crippen LogP contribution is 2.35. The van der Waals surface area contributed by atoms with Crippen LogP contribution >= 0.6 is 0 Å². The lowest BCUT2D eigenvalue weighted by Gasteiger charge is -2.29. The Morgan fingerprint density at radius 3 is 2.71 bits per heavy atom.